The van der Waals surface area contributed by atoms with Crippen LogP contribution >= 0.6 is 11.6 Å². The molecule has 0 aromatic heterocycles. The van der Waals surface area contributed by atoms with Gasteiger partial charge in [0.25, 0.3) is 5.91 Å². The molecule has 0 saturated carbocycles. The van der Waals surface area contributed by atoms with Crippen LogP contribution in [0.5, 0.6) is 0 Å². The van der Waals surface area contributed by atoms with Gasteiger partial charge in [-0.25, -0.2) is 8.42 Å². The molecule has 30 heavy (non-hydrogen) atoms. The lowest BCUT2D eigenvalue weighted by molar-refractivity contribution is 0.0953. The molecule has 1 amide bonds. The average molecular weight is 452 g/mol. The zero-order valence-corrected chi connectivity index (χ0v) is 19.3. The van der Waals surface area contributed by atoms with Gasteiger partial charge in [0.2, 0.25) is 10.0 Å². The molecule has 2 aromatic carbocycles. The van der Waals surface area contributed by atoms with Crippen LogP contribution in [-0.2, 0) is 10.0 Å². The SMILES string of the molecule is CCN(CCCNC(=O)c1ccc(Cl)c(S(=O)(=O)N(CC)CC)c1)c1ccccc1. The molecule has 0 radical (unpaired) electrons. The number of amides is 1. The van der Waals surface area contributed by atoms with E-state index in [4.69, 9.17) is 11.6 Å². The molecule has 0 heterocycles. The highest BCUT2D eigenvalue weighted by atomic mass is 35.5. The van der Waals surface area contributed by atoms with Crippen LogP contribution in [-0.4, -0.2) is 51.4 Å². The number of sulfonamides is 1. The van der Waals surface area contributed by atoms with E-state index in [1.165, 1.54) is 16.4 Å². The summed E-state index contributed by atoms with van der Waals surface area (Å²) in [4.78, 5) is 14.8. The Morgan fingerprint density at radius 1 is 1.00 bits per heavy atom. The van der Waals surface area contributed by atoms with Gasteiger partial charge in [0.1, 0.15) is 4.90 Å². The summed E-state index contributed by atoms with van der Waals surface area (Å²) in [6.07, 6.45) is 0.771. The summed E-state index contributed by atoms with van der Waals surface area (Å²) in [5.41, 5.74) is 1.43. The molecular formula is C22H30ClN3O3S. The second-order valence-electron chi connectivity index (χ2n) is 6.76. The quantitative estimate of drug-likeness (QED) is 0.524. The Morgan fingerprint density at radius 3 is 2.27 bits per heavy atom. The molecule has 0 fully saturated rings. The molecule has 2 rings (SSSR count). The van der Waals surface area contributed by atoms with Crippen LogP contribution in [0.2, 0.25) is 5.02 Å². The highest BCUT2D eigenvalue weighted by Crippen LogP contribution is 2.26. The number of nitrogens with one attached hydrogen (secondary N) is 1. The molecule has 0 unspecified atom stereocenters. The van der Waals surface area contributed by atoms with E-state index in [0.717, 1.165) is 25.2 Å². The summed E-state index contributed by atoms with van der Waals surface area (Å²) in [7, 11) is -3.74. The van der Waals surface area contributed by atoms with Crippen molar-refractivity contribution in [3.8, 4) is 0 Å². The minimum atomic E-state index is -3.74. The van der Waals surface area contributed by atoms with Crippen molar-refractivity contribution in [2.45, 2.75) is 32.1 Å². The highest BCUT2D eigenvalue weighted by molar-refractivity contribution is 7.89. The maximum atomic E-state index is 12.8. The molecule has 1 N–H and O–H groups in total. The maximum absolute atomic E-state index is 12.8. The molecule has 6 nitrogen and oxygen atoms in total. The molecule has 0 bridgehead atoms. The number of hydrogen-bond donors (Lipinski definition) is 1. The monoisotopic (exact) mass is 451 g/mol. The van der Waals surface area contributed by atoms with Gasteiger partial charge in [-0.15, -0.1) is 0 Å². The van der Waals surface area contributed by atoms with Crippen molar-refractivity contribution < 1.29 is 13.2 Å². The highest BCUT2D eigenvalue weighted by Gasteiger charge is 2.25. The number of anilines is 1. The Labute approximate surface area is 184 Å². The number of carbonyl (C=O) groups excluding carboxylic acids is 1. The zero-order chi connectivity index (χ0) is 22.1. The normalized spacial score (nSPS) is 11.5. The van der Waals surface area contributed by atoms with Crippen molar-refractivity contribution in [2.24, 2.45) is 0 Å². The lowest BCUT2D eigenvalue weighted by Gasteiger charge is -2.23. The van der Waals surface area contributed by atoms with Crippen molar-refractivity contribution in [3.05, 3.63) is 59.1 Å². The predicted octanol–water partition coefficient (Wildman–Crippen LogP) is 4.02. The molecule has 8 heteroatoms. The van der Waals surface area contributed by atoms with Gasteiger partial charge < -0.3 is 10.2 Å². The minimum Gasteiger partial charge on any atom is -0.372 e. The van der Waals surface area contributed by atoms with Gasteiger partial charge >= 0.3 is 0 Å². The third-order valence-electron chi connectivity index (χ3n) is 4.91. The first-order valence-corrected chi connectivity index (χ1v) is 12.0. The zero-order valence-electron chi connectivity index (χ0n) is 17.8. The van der Waals surface area contributed by atoms with E-state index in [2.05, 4.69) is 29.3 Å². The van der Waals surface area contributed by atoms with E-state index in [0.29, 0.717) is 19.6 Å². The van der Waals surface area contributed by atoms with E-state index in [-0.39, 0.29) is 21.4 Å². The lowest BCUT2D eigenvalue weighted by atomic mass is 10.2. The maximum Gasteiger partial charge on any atom is 0.251 e. The van der Waals surface area contributed by atoms with Crippen molar-refractivity contribution in [3.63, 3.8) is 0 Å². The number of benzene rings is 2. The summed E-state index contributed by atoms with van der Waals surface area (Å²) >= 11 is 6.14. The number of para-hydroxylation sites is 1. The van der Waals surface area contributed by atoms with E-state index in [1.54, 1.807) is 19.9 Å². The smallest absolute Gasteiger partial charge is 0.251 e. The summed E-state index contributed by atoms with van der Waals surface area (Å²) < 4.78 is 26.9. The fourth-order valence-electron chi connectivity index (χ4n) is 3.23. The number of carbonyl (C=O) groups is 1. The molecule has 0 aliphatic heterocycles. The second-order valence-corrected chi connectivity index (χ2v) is 9.07. The first-order valence-electron chi connectivity index (χ1n) is 10.2. The fraction of sp³-hybridized carbons (Fsp3) is 0.409. The van der Waals surface area contributed by atoms with Gasteiger partial charge in [-0.05, 0) is 43.7 Å². The first kappa shape index (κ1) is 24.2. The van der Waals surface area contributed by atoms with Gasteiger partial charge in [-0.1, -0.05) is 43.6 Å². The molecule has 164 valence electrons. The molecule has 2 aromatic rings. The van der Waals surface area contributed by atoms with Gasteiger partial charge in [0, 0.05) is 44.0 Å². The third-order valence-corrected chi connectivity index (χ3v) is 7.44. The van der Waals surface area contributed by atoms with Crippen molar-refractivity contribution in [1.82, 2.24) is 9.62 Å². The van der Waals surface area contributed by atoms with Crippen LogP contribution in [0.3, 0.4) is 0 Å². The Kier molecular flexibility index (Phi) is 9.14. The van der Waals surface area contributed by atoms with Crippen molar-refractivity contribution in [2.75, 3.05) is 37.6 Å². The van der Waals surface area contributed by atoms with E-state index in [9.17, 15) is 13.2 Å². The number of rotatable bonds is 11. The van der Waals surface area contributed by atoms with E-state index >= 15 is 0 Å². The van der Waals surface area contributed by atoms with E-state index < -0.39 is 10.0 Å². The third kappa shape index (κ3) is 5.97. The first-order chi connectivity index (χ1) is 14.3. The van der Waals surface area contributed by atoms with E-state index in [1.807, 2.05) is 18.2 Å². The Bertz CT molecular complexity index is 932. The molecule has 0 saturated heterocycles. The molecular weight excluding hydrogens is 422 g/mol. The van der Waals surface area contributed by atoms with Crippen LogP contribution in [0.1, 0.15) is 37.6 Å². The van der Waals surface area contributed by atoms with Crippen LogP contribution in [0, 0.1) is 0 Å². The van der Waals surface area contributed by atoms with Crippen molar-refractivity contribution in [1.29, 1.82) is 0 Å². The van der Waals surface area contributed by atoms with Crippen LogP contribution in [0.4, 0.5) is 5.69 Å². The summed E-state index contributed by atoms with van der Waals surface area (Å²) in [6, 6.07) is 14.5. The summed E-state index contributed by atoms with van der Waals surface area (Å²) in [5, 5.41) is 2.98. The van der Waals surface area contributed by atoms with Gasteiger partial charge in [-0.2, -0.15) is 4.31 Å². The van der Waals surface area contributed by atoms with Crippen LogP contribution in [0.25, 0.3) is 0 Å². The van der Waals surface area contributed by atoms with Gasteiger partial charge in [0.05, 0.1) is 5.02 Å². The Balaban J connectivity index is 2.01. The van der Waals surface area contributed by atoms with Gasteiger partial charge in [0.15, 0.2) is 0 Å². The standard InChI is InChI=1S/C22H30ClN3O3S/c1-4-25(19-11-8-7-9-12-19)16-10-15-24-22(27)18-13-14-20(23)21(17-18)30(28,29)26(5-2)6-3/h7-9,11-14,17H,4-6,10,15-16H2,1-3H3,(H,24,27). The van der Waals surface area contributed by atoms with Gasteiger partial charge in [-0.3, -0.25) is 4.79 Å². The Morgan fingerprint density at radius 2 is 1.67 bits per heavy atom. The summed E-state index contributed by atoms with van der Waals surface area (Å²) in [5.74, 6) is -0.314. The number of halogens is 1. The van der Waals surface area contributed by atoms with Crippen LogP contribution in [0.15, 0.2) is 53.4 Å². The van der Waals surface area contributed by atoms with Crippen LogP contribution < -0.4 is 10.2 Å². The Hall–Kier alpha value is -2.09. The predicted molar refractivity (Wildman–Crippen MR) is 123 cm³/mol. The fourth-order valence-corrected chi connectivity index (χ4v) is 5.19. The largest absolute Gasteiger partial charge is 0.372 e. The summed E-state index contributed by atoms with van der Waals surface area (Å²) in [6.45, 7) is 8.47. The molecule has 0 spiro atoms. The topological polar surface area (TPSA) is 69.7 Å². The number of nitrogens with zero attached hydrogens (tertiary/aromatic N) is 2. The average Bonchev–Trinajstić information content (AvgIpc) is 2.75. The lowest BCUT2D eigenvalue weighted by Crippen LogP contribution is -2.32. The molecule has 0 aliphatic rings. The van der Waals surface area contributed by atoms with Crippen molar-refractivity contribution >= 4 is 33.2 Å². The number of hydrogen-bond acceptors (Lipinski definition) is 4. The molecule has 0 aliphatic carbocycles. The minimum absolute atomic E-state index is 0.0400. The second kappa shape index (κ2) is 11.3. The molecule has 0 atom stereocenters.